The van der Waals surface area contributed by atoms with Gasteiger partial charge in [-0.05, 0) is 50.2 Å². The van der Waals surface area contributed by atoms with Crippen LogP contribution >= 0.6 is 0 Å². The van der Waals surface area contributed by atoms with Crippen molar-refractivity contribution in [2.45, 2.75) is 0 Å². The van der Waals surface area contributed by atoms with Crippen molar-refractivity contribution in [3.63, 3.8) is 0 Å². The Hall–Kier alpha value is -6.19. The van der Waals surface area contributed by atoms with Gasteiger partial charge in [0.05, 0.1) is 0 Å². The third-order valence-corrected chi connectivity index (χ3v) is 8.39. The maximum Gasteiger partial charge on any atom is 0.164 e. The molecule has 3 nitrogen and oxygen atoms in total. The molecule has 0 amide bonds. The van der Waals surface area contributed by atoms with Crippen LogP contribution in [0.5, 0.6) is 0 Å². The molecule has 0 saturated heterocycles. The molecule has 0 bridgehead atoms. The number of benzene rings is 7. The summed E-state index contributed by atoms with van der Waals surface area (Å²) >= 11 is 0. The molecule has 8 rings (SSSR count). The zero-order valence-corrected chi connectivity index (χ0v) is 25.1. The first-order chi connectivity index (χ1) is 22.8. The van der Waals surface area contributed by atoms with Gasteiger partial charge in [0.15, 0.2) is 17.5 Å². The molecule has 0 radical (unpaired) electrons. The zero-order chi connectivity index (χ0) is 30.7. The van der Waals surface area contributed by atoms with Gasteiger partial charge >= 0.3 is 0 Å². The Morgan fingerprint density at radius 2 is 0.609 bits per heavy atom. The van der Waals surface area contributed by atoms with Gasteiger partial charge < -0.3 is 0 Å². The second-order valence-electron chi connectivity index (χ2n) is 11.2. The number of nitrogens with zero attached hydrogens (tertiary/aromatic N) is 3. The Labute approximate surface area is 268 Å². The van der Waals surface area contributed by atoms with Gasteiger partial charge in [-0.3, -0.25) is 0 Å². The molecule has 0 unspecified atom stereocenters. The summed E-state index contributed by atoms with van der Waals surface area (Å²) in [4.78, 5) is 15.3. The van der Waals surface area contributed by atoms with Crippen LogP contribution in [0.3, 0.4) is 0 Å². The van der Waals surface area contributed by atoms with E-state index in [1.807, 2.05) is 48.5 Å². The van der Waals surface area contributed by atoms with E-state index in [1.54, 1.807) is 0 Å². The summed E-state index contributed by atoms with van der Waals surface area (Å²) in [5.41, 5.74) is 9.84. The molecule has 0 atom stereocenters. The monoisotopic (exact) mass is 587 g/mol. The third-order valence-electron chi connectivity index (χ3n) is 8.39. The van der Waals surface area contributed by atoms with E-state index in [4.69, 9.17) is 15.0 Å². The first kappa shape index (κ1) is 27.4. The molecular weight excluding hydrogens is 558 g/mol. The Bertz CT molecular complexity index is 2280. The van der Waals surface area contributed by atoms with Crippen LogP contribution in [0.2, 0.25) is 0 Å². The van der Waals surface area contributed by atoms with Gasteiger partial charge in [-0.1, -0.05) is 170 Å². The number of hydrogen-bond donors (Lipinski definition) is 0. The first-order valence-electron chi connectivity index (χ1n) is 15.5. The summed E-state index contributed by atoms with van der Waals surface area (Å²) in [7, 11) is 0. The summed E-state index contributed by atoms with van der Waals surface area (Å²) in [6.07, 6.45) is 0. The van der Waals surface area contributed by atoms with Crippen molar-refractivity contribution in [1.29, 1.82) is 0 Å². The lowest BCUT2D eigenvalue weighted by Gasteiger charge is -2.14. The van der Waals surface area contributed by atoms with E-state index < -0.39 is 0 Å². The highest BCUT2D eigenvalue weighted by Crippen LogP contribution is 2.37. The van der Waals surface area contributed by atoms with Gasteiger partial charge in [-0.25, -0.2) is 15.0 Å². The Balaban J connectivity index is 1.29. The SMILES string of the molecule is c1ccc(-c2ccc(-c3ccc(-c4nc(-c5ccccc5)nc(-c5ccccc5-c5ccccc5)n4)c4ccccc34)cc2)cc1. The molecule has 216 valence electrons. The summed E-state index contributed by atoms with van der Waals surface area (Å²) in [6, 6.07) is 61.0. The van der Waals surface area contributed by atoms with Gasteiger partial charge in [-0.15, -0.1) is 0 Å². The Morgan fingerprint density at radius 3 is 1.26 bits per heavy atom. The van der Waals surface area contributed by atoms with Crippen LogP contribution in [0.4, 0.5) is 0 Å². The van der Waals surface area contributed by atoms with Gasteiger partial charge in [0.1, 0.15) is 0 Å². The largest absolute Gasteiger partial charge is 0.208 e. The van der Waals surface area contributed by atoms with Crippen LogP contribution in [0.15, 0.2) is 176 Å². The van der Waals surface area contributed by atoms with Gasteiger partial charge in [0.25, 0.3) is 0 Å². The van der Waals surface area contributed by atoms with E-state index in [9.17, 15) is 0 Å². The molecule has 7 aromatic carbocycles. The minimum absolute atomic E-state index is 0.646. The van der Waals surface area contributed by atoms with Crippen LogP contribution in [-0.2, 0) is 0 Å². The molecule has 0 saturated carbocycles. The number of aromatic nitrogens is 3. The van der Waals surface area contributed by atoms with Gasteiger partial charge in [-0.2, -0.15) is 0 Å². The van der Waals surface area contributed by atoms with Crippen LogP contribution in [0.1, 0.15) is 0 Å². The van der Waals surface area contributed by atoms with Gasteiger partial charge in [0.2, 0.25) is 0 Å². The van der Waals surface area contributed by atoms with Crippen molar-refractivity contribution >= 4 is 10.8 Å². The van der Waals surface area contributed by atoms with Crippen molar-refractivity contribution in [2.24, 2.45) is 0 Å². The molecular formula is C43H29N3. The lowest BCUT2D eigenvalue weighted by molar-refractivity contribution is 1.08. The smallest absolute Gasteiger partial charge is 0.164 e. The zero-order valence-electron chi connectivity index (χ0n) is 25.1. The summed E-state index contributed by atoms with van der Waals surface area (Å²) in [5.74, 6) is 1.94. The van der Waals surface area contributed by atoms with Crippen LogP contribution < -0.4 is 0 Å². The minimum atomic E-state index is 0.646. The second-order valence-corrected chi connectivity index (χ2v) is 11.2. The highest BCUT2D eigenvalue weighted by Gasteiger charge is 2.18. The number of rotatable bonds is 6. The average Bonchev–Trinajstić information content (AvgIpc) is 3.15. The molecule has 0 aliphatic rings. The summed E-state index contributed by atoms with van der Waals surface area (Å²) < 4.78 is 0. The van der Waals surface area contributed by atoms with Crippen molar-refractivity contribution < 1.29 is 0 Å². The van der Waals surface area contributed by atoms with Crippen LogP contribution in [0, 0.1) is 0 Å². The summed E-state index contributed by atoms with van der Waals surface area (Å²) in [5, 5.41) is 2.25. The minimum Gasteiger partial charge on any atom is -0.208 e. The molecule has 0 N–H and O–H groups in total. The number of hydrogen-bond acceptors (Lipinski definition) is 3. The summed E-state index contributed by atoms with van der Waals surface area (Å²) in [6.45, 7) is 0. The highest BCUT2D eigenvalue weighted by molar-refractivity contribution is 6.04. The molecule has 3 heteroatoms. The molecule has 8 aromatic rings. The van der Waals surface area contributed by atoms with Crippen molar-refractivity contribution in [1.82, 2.24) is 15.0 Å². The Morgan fingerprint density at radius 1 is 0.217 bits per heavy atom. The lowest BCUT2D eigenvalue weighted by atomic mass is 9.93. The predicted molar refractivity (Wildman–Crippen MR) is 190 cm³/mol. The Kier molecular flexibility index (Phi) is 7.18. The van der Waals surface area contributed by atoms with Crippen molar-refractivity contribution in [3.8, 4) is 67.5 Å². The standard InChI is InChI=1S/C43H29N3/c1-4-14-30(15-5-1)31-24-26-33(27-25-31)36-28-29-40(38-22-12-11-21-37(36)38)43-45-41(34-18-8-3-9-19-34)44-42(46-43)39-23-13-10-20-35(39)32-16-6-2-7-17-32/h1-29H. The topological polar surface area (TPSA) is 38.7 Å². The van der Waals surface area contributed by atoms with E-state index in [-0.39, 0.29) is 0 Å². The quantitative estimate of drug-likeness (QED) is 0.194. The van der Waals surface area contributed by atoms with Crippen LogP contribution in [0.25, 0.3) is 78.3 Å². The molecule has 0 spiro atoms. The first-order valence-corrected chi connectivity index (χ1v) is 15.5. The molecule has 0 aliphatic carbocycles. The fourth-order valence-corrected chi connectivity index (χ4v) is 6.10. The second kappa shape index (κ2) is 12.1. The molecule has 0 aliphatic heterocycles. The van der Waals surface area contributed by atoms with E-state index in [0.717, 1.165) is 38.6 Å². The van der Waals surface area contributed by atoms with Crippen LogP contribution in [-0.4, -0.2) is 15.0 Å². The molecule has 0 fully saturated rings. The van der Waals surface area contributed by atoms with Crippen molar-refractivity contribution in [3.05, 3.63) is 176 Å². The van der Waals surface area contributed by atoms with Gasteiger partial charge in [0, 0.05) is 16.7 Å². The maximum atomic E-state index is 5.16. The van der Waals surface area contributed by atoms with E-state index in [0.29, 0.717) is 17.5 Å². The predicted octanol–water partition coefficient (Wildman–Crippen LogP) is 11.0. The van der Waals surface area contributed by atoms with Crippen molar-refractivity contribution in [2.75, 3.05) is 0 Å². The fourth-order valence-electron chi connectivity index (χ4n) is 6.10. The van der Waals surface area contributed by atoms with E-state index in [1.165, 1.54) is 22.3 Å². The molecule has 46 heavy (non-hydrogen) atoms. The normalized spacial score (nSPS) is 11.0. The lowest BCUT2D eigenvalue weighted by Crippen LogP contribution is -2.01. The third kappa shape index (κ3) is 5.25. The molecule has 1 heterocycles. The highest BCUT2D eigenvalue weighted by atomic mass is 15.0. The van der Waals surface area contributed by atoms with E-state index in [2.05, 4.69) is 127 Å². The number of fused-ring (bicyclic) bond motifs is 1. The van der Waals surface area contributed by atoms with E-state index >= 15 is 0 Å². The maximum absolute atomic E-state index is 5.16. The fraction of sp³-hybridized carbons (Fsp3) is 0. The molecule has 1 aromatic heterocycles. The average molecular weight is 588 g/mol.